The number of rotatable bonds is 4. The number of methoxy groups -OCH3 is 1. The molecule has 0 aliphatic heterocycles. The van der Waals surface area contributed by atoms with Gasteiger partial charge in [0.2, 0.25) is 0 Å². The molecule has 0 aromatic heterocycles. The van der Waals surface area contributed by atoms with E-state index >= 15 is 0 Å². The summed E-state index contributed by atoms with van der Waals surface area (Å²) in [6.45, 7) is 0. The molecular weight excluding hydrogens is 286 g/mol. The molecule has 0 fully saturated rings. The average Bonchev–Trinajstić information content (AvgIpc) is 2.60. The van der Waals surface area contributed by atoms with Crippen LogP contribution in [-0.2, 0) is 0 Å². The third-order valence-electron chi connectivity index (χ3n) is 4.14. The first kappa shape index (κ1) is 15.4. The van der Waals surface area contributed by atoms with Crippen molar-refractivity contribution in [2.75, 3.05) is 26.1 Å². The number of hydrogen-bond acceptors (Lipinski definition) is 3. The number of anilines is 1. The second-order valence-electron chi connectivity index (χ2n) is 5.79. The fourth-order valence-electron chi connectivity index (χ4n) is 2.90. The van der Waals surface area contributed by atoms with Crippen LogP contribution >= 0.6 is 0 Å². The standard InChI is InChI=1S/C20H21NO2/c1-21(2)19-13-12-18(16-6-4-5-7-17(16)19)20(22)14-8-10-15(23-3)11-9-14/h4-13,20,22H,1-3H3. The van der Waals surface area contributed by atoms with Crippen LogP contribution in [0.1, 0.15) is 17.2 Å². The van der Waals surface area contributed by atoms with Crippen molar-refractivity contribution in [3.63, 3.8) is 0 Å². The van der Waals surface area contributed by atoms with Crippen molar-refractivity contribution in [3.05, 3.63) is 71.8 Å². The summed E-state index contributed by atoms with van der Waals surface area (Å²) < 4.78 is 5.18. The molecule has 0 saturated heterocycles. The fraction of sp³-hybridized carbons (Fsp3) is 0.200. The fourth-order valence-corrected chi connectivity index (χ4v) is 2.90. The molecule has 3 aromatic rings. The van der Waals surface area contributed by atoms with Crippen LogP contribution in [0.3, 0.4) is 0 Å². The highest BCUT2D eigenvalue weighted by molar-refractivity contribution is 5.96. The van der Waals surface area contributed by atoms with E-state index in [1.54, 1.807) is 7.11 Å². The smallest absolute Gasteiger partial charge is 0.118 e. The number of ether oxygens (including phenoxy) is 1. The summed E-state index contributed by atoms with van der Waals surface area (Å²) >= 11 is 0. The Kier molecular flexibility index (Phi) is 4.22. The SMILES string of the molecule is COc1ccc(C(O)c2ccc(N(C)C)c3ccccc23)cc1. The molecular formula is C20H21NO2. The molecule has 0 radical (unpaired) electrons. The van der Waals surface area contributed by atoms with Gasteiger partial charge in [0, 0.05) is 25.2 Å². The number of nitrogens with zero attached hydrogens (tertiary/aromatic N) is 1. The normalized spacial score (nSPS) is 12.2. The van der Waals surface area contributed by atoms with E-state index < -0.39 is 6.10 Å². The lowest BCUT2D eigenvalue weighted by atomic mass is 9.95. The van der Waals surface area contributed by atoms with Gasteiger partial charge in [-0.1, -0.05) is 42.5 Å². The van der Waals surface area contributed by atoms with E-state index in [1.165, 1.54) is 0 Å². The van der Waals surface area contributed by atoms with Gasteiger partial charge in [-0.3, -0.25) is 0 Å². The molecule has 3 rings (SSSR count). The Balaban J connectivity index is 2.10. The van der Waals surface area contributed by atoms with Gasteiger partial charge in [0.1, 0.15) is 11.9 Å². The average molecular weight is 307 g/mol. The molecule has 0 spiro atoms. The molecule has 3 nitrogen and oxygen atoms in total. The minimum absolute atomic E-state index is 0.665. The third kappa shape index (κ3) is 2.88. The molecule has 23 heavy (non-hydrogen) atoms. The zero-order chi connectivity index (χ0) is 16.4. The highest BCUT2D eigenvalue weighted by Crippen LogP contribution is 2.34. The van der Waals surface area contributed by atoms with E-state index in [9.17, 15) is 5.11 Å². The summed E-state index contributed by atoms with van der Waals surface area (Å²) in [5.41, 5.74) is 2.91. The molecule has 118 valence electrons. The molecule has 1 unspecified atom stereocenters. The van der Waals surface area contributed by atoms with Crippen molar-refractivity contribution in [3.8, 4) is 5.75 Å². The molecule has 0 aliphatic carbocycles. The van der Waals surface area contributed by atoms with Gasteiger partial charge < -0.3 is 14.7 Å². The van der Waals surface area contributed by atoms with Crippen molar-refractivity contribution < 1.29 is 9.84 Å². The van der Waals surface area contributed by atoms with E-state index in [2.05, 4.69) is 23.1 Å². The monoisotopic (exact) mass is 307 g/mol. The molecule has 0 heterocycles. The number of aliphatic hydroxyl groups excluding tert-OH is 1. The Morgan fingerprint density at radius 3 is 2.13 bits per heavy atom. The zero-order valence-corrected chi connectivity index (χ0v) is 13.7. The summed E-state index contributed by atoms with van der Waals surface area (Å²) in [5, 5.41) is 13.0. The predicted octanol–water partition coefficient (Wildman–Crippen LogP) is 4.00. The van der Waals surface area contributed by atoms with Gasteiger partial charge in [-0.2, -0.15) is 0 Å². The minimum Gasteiger partial charge on any atom is -0.497 e. The van der Waals surface area contributed by atoms with Crippen LogP contribution < -0.4 is 9.64 Å². The molecule has 3 heteroatoms. The maximum absolute atomic E-state index is 10.8. The van der Waals surface area contributed by atoms with Crippen LogP contribution in [0.25, 0.3) is 10.8 Å². The Labute approximate surface area is 136 Å². The predicted molar refractivity (Wildman–Crippen MR) is 95.3 cm³/mol. The number of fused-ring (bicyclic) bond motifs is 1. The molecule has 1 atom stereocenters. The Morgan fingerprint density at radius 1 is 0.870 bits per heavy atom. The molecule has 0 saturated carbocycles. The van der Waals surface area contributed by atoms with E-state index in [1.807, 2.05) is 56.6 Å². The summed E-state index contributed by atoms with van der Waals surface area (Å²) in [6.07, 6.45) is -0.665. The highest BCUT2D eigenvalue weighted by Gasteiger charge is 2.15. The molecule has 0 aliphatic rings. The van der Waals surface area contributed by atoms with Crippen LogP contribution in [0.5, 0.6) is 5.75 Å². The largest absolute Gasteiger partial charge is 0.497 e. The highest BCUT2D eigenvalue weighted by atomic mass is 16.5. The Bertz CT molecular complexity index is 809. The van der Waals surface area contributed by atoms with Crippen LogP contribution in [0.2, 0.25) is 0 Å². The van der Waals surface area contributed by atoms with Crippen molar-refractivity contribution in [2.45, 2.75) is 6.10 Å². The quantitative estimate of drug-likeness (QED) is 0.791. The van der Waals surface area contributed by atoms with Gasteiger partial charge in [-0.15, -0.1) is 0 Å². The number of aliphatic hydroxyl groups is 1. The van der Waals surface area contributed by atoms with Crippen LogP contribution in [0, 0.1) is 0 Å². The van der Waals surface area contributed by atoms with Gasteiger partial charge in [-0.05, 0) is 34.7 Å². The lowest BCUT2D eigenvalue weighted by Gasteiger charge is -2.20. The van der Waals surface area contributed by atoms with E-state index in [0.717, 1.165) is 33.3 Å². The van der Waals surface area contributed by atoms with Crippen LogP contribution in [0.4, 0.5) is 5.69 Å². The second-order valence-corrected chi connectivity index (χ2v) is 5.79. The lowest BCUT2D eigenvalue weighted by Crippen LogP contribution is -2.10. The first-order valence-corrected chi connectivity index (χ1v) is 7.63. The molecule has 0 bridgehead atoms. The van der Waals surface area contributed by atoms with Gasteiger partial charge in [0.15, 0.2) is 0 Å². The minimum atomic E-state index is -0.665. The van der Waals surface area contributed by atoms with Gasteiger partial charge in [0.25, 0.3) is 0 Å². The maximum Gasteiger partial charge on any atom is 0.118 e. The van der Waals surface area contributed by atoms with Crippen molar-refractivity contribution in [1.82, 2.24) is 0 Å². The number of hydrogen-bond donors (Lipinski definition) is 1. The van der Waals surface area contributed by atoms with Crippen LogP contribution in [0.15, 0.2) is 60.7 Å². The van der Waals surface area contributed by atoms with E-state index in [4.69, 9.17) is 4.74 Å². The summed E-state index contributed by atoms with van der Waals surface area (Å²) in [5.74, 6) is 0.786. The first-order valence-electron chi connectivity index (χ1n) is 7.63. The summed E-state index contributed by atoms with van der Waals surface area (Å²) in [4.78, 5) is 2.09. The van der Waals surface area contributed by atoms with E-state index in [0.29, 0.717) is 0 Å². The second kappa shape index (κ2) is 6.31. The lowest BCUT2D eigenvalue weighted by molar-refractivity contribution is 0.222. The summed E-state index contributed by atoms with van der Waals surface area (Å²) in [7, 11) is 5.70. The van der Waals surface area contributed by atoms with Crippen molar-refractivity contribution >= 4 is 16.5 Å². The maximum atomic E-state index is 10.8. The van der Waals surface area contributed by atoms with Gasteiger partial charge >= 0.3 is 0 Å². The summed E-state index contributed by atoms with van der Waals surface area (Å²) in [6, 6.07) is 19.8. The van der Waals surface area contributed by atoms with Gasteiger partial charge in [-0.25, -0.2) is 0 Å². The molecule has 3 aromatic carbocycles. The zero-order valence-electron chi connectivity index (χ0n) is 13.7. The number of benzene rings is 3. The Morgan fingerprint density at radius 2 is 1.52 bits per heavy atom. The van der Waals surface area contributed by atoms with Crippen molar-refractivity contribution in [1.29, 1.82) is 0 Å². The molecule has 1 N–H and O–H groups in total. The Hall–Kier alpha value is -2.52. The van der Waals surface area contributed by atoms with Gasteiger partial charge in [0.05, 0.1) is 7.11 Å². The first-order chi connectivity index (χ1) is 11.1. The van der Waals surface area contributed by atoms with E-state index in [-0.39, 0.29) is 0 Å². The molecule has 0 amide bonds. The third-order valence-corrected chi connectivity index (χ3v) is 4.14. The van der Waals surface area contributed by atoms with Crippen LogP contribution in [-0.4, -0.2) is 26.3 Å². The topological polar surface area (TPSA) is 32.7 Å². The van der Waals surface area contributed by atoms with Crippen molar-refractivity contribution in [2.24, 2.45) is 0 Å².